The fourth-order valence-electron chi connectivity index (χ4n) is 1.05. The normalized spacial score (nSPS) is 10.0. The largest absolute Gasteiger partial charge is 0.296 e. The van der Waals surface area contributed by atoms with Crippen molar-refractivity contribution >= 4 is 6.29 Å². The van der Waals surface area contributed by atoms with Gasteiger partial charge in [-0.3, -0.25) is 9.78 Å². The van der Waals surface area contributed by atoms with Crippen molar-refractivity contribution in [3.8, 4) is 11.4 Å². The average molecular weight is 158 g/mol. The Bertz CT molecular complexity index is 356. The van der Waals surface area contributed by atoms with Crippen LogP contribution < -0.4 is 0 Å². The topological polar surface area (TPSA) is 42.9 Å². The van der Waals surface area contributed by atoms with Crippen molar-refractivity contribution in [3.05, 3.63) is 36.2 Å². The van der Waals surface area contributed by atoms with E-state index in [0.717, 1.165) is 17.7 Å². The van der Waals surface area contributed by atoms with Crippen molar-refractivity contribution in [2.45, 2.75) is 0 Å². The molecule has 3 nitrogen and oxygen atoms in total. The van der Waals surface area contributed by atoms with Gasteiger partial charge in [-0.2, -0.15) is 0 Å². The quantitative estimate of drug-likeness (QED) is 0.589. The van der Waals surface area contributed by atoms with Gasteiger partial charge in [-0.15, -0.1) is 0 Å². The first-order chi connectivity index (χ1) is 5.90. The molecule has 0 N–H and O–H groups in total. The second kappa shape index (κ2) is 2.70. The summed E-state index contributed by atoms with van der Waals surface area (Å²) in [4.78, 5) is 18.5. The number of hydrogen-bond donors (Lipinski definition) is 0. The minimum Gasteiger partial charge on any atom is -0.296 e. The van der Waals surface area contributed by atoms with E-state index >= 15 is 0 Å². The molecular formula is C9H6N2O. The third-order valence-corrected chi connectivity index (χ3v) is 1.58. The molecule has 2 aliphatic heterocycles. The van der Waals surface area contributed by atoms with Crippen LogP contribution in [0.1, 0.15) is 10.5 Å². The van der Waals surface area contributed by atoms with Gasteiger partial charge in [0.05, 0.1) is 11.4 Å². The molecular weight excluding hydrogens is 152 g/mol. The van der Waals surface area contributed by atoms with Crippen molar-refractivity contribution in [2.24, 2.45) is 0 Å². The van der Waals surface area contributed by atoms with E-state index in [2.05, 4.69) is 9.97 Å². The first-order valence-corrected chi connectivity index (χ1v) is 3.57. The average Bonchev–Trinajstić information content (AvgIpc) is 2.37. The van der Waals surface area contributed by atoms with Crippen molar-refractivity contribution in [1.82, 2.24) is 9.97 Å². The standard InChI is InChI=1S/C9H6N2O/c12-6-7-5-9-8(11-7)3-1-2-4-10-9/h1-6H. The molecule has 2 aliphatic rings. The fourth-order valence-corrected chi connectivity index (χ4v) is 1.05. The highest BCUT2D eigenvalue weighted by Gasteiger charge is 2.05. The summed E-state index contributed by atoms with van der Waals surface area (Å²) in [6.07, 6.45) is 2.40. The number of carbonyl (C=O) groups excluding carboxylic acids is 1. The molecule has 0 radical (unpaired) electrons. The molecule has 2 heterocycles. The molecule has 0 bridgehead atoms. The molecule has 0 amide bonds. The second-order valence-electron chi connectivity index (χ2n) is 2.40. The van der Waals surface area contributed by atoms with Crippen LogP contribution in [0.15, 0.2) is 30.5 Å². The second-order valence-corrected chi connectivity index (χ2v) is 2.40. The van der Waals surface area contributed by atoms with E-state index in [9.17, 15) is 4.79 Å². The van der Waals surface area contributed by atoms with E-state index in [-0.39, 0.29) is 0 Å². The fraction of sp³-hybridized carbons (Fsp3) is 0. The van der Waals surface area contributed by atoms with Gasteiger partial charge in [0.25, 0.3) is 0 Å². The zero-order valence-corrected chi connectivity index (χ0v) is 6.27. The van der Waals surface area contributed by atoms with Gasteiger partial charge in [-0.25, -0.2) is 4.98 Å². The van der Waals surface area contributed by atoms with Gasteiger partial charge in [0.15, 0.2) is 6.29 Å². The van der Waals surface area contributed by atoms with Crippen LogP contribution >= 0.6 is 0 Å². The van der Waals surface area contributed by atoms with Crippen LogP contribution in [0.4, 0.5) is 0 Å². The third-order valence-electron chi connectivity index (χ3n) is 1.58. The van der Waals surface area contributed by atoms with E-state index in [4.69, 9.17) is 0 Å². The van der Waals surface area contributed by atoms with E-state index in [1.807, 2.05) is 18.2 Å². The van der Waals surface area contributed by atoms with Crippen molar-refractivity contribution in [2.75, 3.05) is 0 Å². The summed E-state index contributed by atoms with van der Waals surface area (Å²) in [7, 11) is 0. The number of aldehydes is 1. The summed E-state index contributed by atoms with van der Waals surface area (Å²) in [6.45, 7) is 0. The Balaban J connectivity index is 2.68. The van der Waals surface area contributed by atoms with Gasteiger partial charge in [0.2, 0.25) is 0 Å². The molecule has 58 valence electrons. The van der Waals surface area contributed by atoms with Gasteiger partial charge in [0, 0.05) is 6.20 Å². The Morgan fingerprint density at radius 1 is 1.25 bits per heavy atom. The lowest BCUT2D eigenvalue weighted by molar-refractivity contribution is 0.111. The van der Waals surface area contributed by atoms with Crippen LogP contribution in [0.2, 0.25) is 0 Å². The zero-order chi connectivity index (χ0) is 8.39. The van der Waals surface area contributed by atoms with Crippen LogP contribution in [0, 0.1) is 0 Å². The zero-order valence-electron chi connectivity index (χ0n) is 6.27. The minimum atomic E-state index is 0.434. The van der Waals surface area contributed by atoms with Crippen molar-refractivity contribution < 1.29 is 4.79 Å². The summed E-state index contributed by atoms with van der Waals surface area (Å²) in [5.41, 5.74) is 1.94. The van der Waals surface area contributed by atoms with Crippen molar-refractivity contribution in [1.29, 1.82) is 0 Å². The molecule has 0 saturated heterocycles. The first-order valence-electron chi connectivity index (χ1n) is 3.57. The minimum absolute atomic E-state index is 0.434. The van der Waals surface area contributed by atoms with Crippen LogP contribution in [-0.2, 0) is 0 Å². The van der Waals surface area contributed by atoms with E-state index in [1.165, 1.54) is 0 Å². The van der Waals surface area contributed by atoms with Crippen LogP contribution in [0.3, 0.4) is 0 Å². The maximum atomic E-state index is 10.4. The highest BCUT2D eigenvalue weighted by Crippen LogP contribution is 2.16. The molecule has 2 rings (SSSR count). The number of carbonyl (C=O) groups is 1. The Hall–Kier alpha value is -1.77. The van der Waals surface area contributed by atoms with E-state index in [0.29, 0.717) is 5.69 Å². The SMILES string of the molecule is O=Cc1cc2nccccc-2n1. The number of nitrogens with zero attached hydrogens (tertiary/aromatic N) is 2. The maximum Gasteiger partial charge on any atom is 0.168 e. The van der Waals surface area contributed by atoms with Gasteiger partial charge >= 0.3 is 0 Å². The van der Waals surface area contributed by atoms with Gasteiger partial charge in [-0.05, 0) is 18.2 Å². The molecule has 12 heavy (non-hydrogen) atoms. The Kier molecular flexibility index (Phi) is 1.55. The summed E-state index contributed by atoms with van der Waals surface area (Å²) < 4.78 is 0. The number of hydrogen-bond acceptors (Lipinski definition) is 3. The van der Waals surface area contributed by atoms with E-state index < -0.39 is 0 Å². The predicted octanol–water partition coefficient (Wildman–Crippen LogP) is 1.39. The third kappa shape index (κ3) is 1.05. The molecule has 3 heteroatoms. The highest BCUT2D eigenvalue weighted by atomic mass is 16.1. The molecule has 0 aromatic rings. The van der Waals surface area contributed by atoms with Gasteiger partial charge in [-0.1, -0.05) is 6.07 Å². The number of fused-ring (bicyclic) bond motifs is 1. The van der Waals surface area contributed by atoms with Gasteiger partial charge < -0.3 is 0 Å². The Morgan fingerprint density at radius 2 is 2.17 bits per heavy atom. The molecule has 0 aromatic heterocycles. The van der Waals surface area contributed by atoms with Crippen LogP contribution in [0.25, 0.3) is 11.4 Å². The smallest absolute Gasteiger partial charge is 0.168 e. The molecule has 0 aliphatic carbocycles. The Morgan fingerprint density at radius 3 is 3.00 bits per heavy atom. The molecule has 0 saturated carbocycles. The maximum absolute atomic E-state index is 10.4. The first kappa shape index (κ1) is 6.91. The Labute approximate surface area is 69.4 Å². The number of aromatic nitrogens is 2. The number of rotatable bonds is 1. The monoisotopic (exact) mass is 158 g/mol. The summed E-state index contributed by atoms with van der Waals surface area (Å²) in [5.74, 6) is 0. The van der Waals surface area contributed by atoms with E-state index in [1.54, 1.807) is 12.3 Å². The van der Waals surface area contributed by atoms with Gasteiger partial charge in [0.1, 0.15) is 5.69 Å². The predicted molar refractivity (Wildman–Crippen MR) is 44.0 cm³/mol. The lowest BCUT2D eigenvalue weighted by Gasteiger charge is -1.82. The molecule has 0 atom stereocenters. The van der Waals surface area contributed by atoms with Crippen molar-refractivity contribution in [3.63, 3.8) is 0 Å². The summed E-state index contributed by atoms with van der Waals surface area (Å²) in [5, 5.41) is 0. The summed E-state index contributed by atoms with van der Waals surface area (Å²) >= 11 is 0. The lowest BCUT2D eigenvalue weighted by Crippen LogP contribution is -1.74. The molecule has 0 aromatic carbocycles. The summed E-state index contributed by atoms with van der Waals surface area (Å²) in [6, 6.07) is 7.16. The molecule has 0 spiro atoms. The lowest BCUT2D eigenvalue weighted by atomic mass is 10.3. The molecule has 0 fully saturated rings. The molecule has 0 unspecified atom stereocenters. The van der Waals surface area contributed by atoms with Crippen LogP contribution in [-0.4, -0.2) is 16.3 Å². The van der Waals surface area contributed by atoms with Crippen LogP contribution in [0.5, 0.6) is 0 Å². The highest BCUT2D eigenvalue weighted by molar-refractivity contribution is 5.77.